The van der Waals surface area contributed by atoms with Gasteiger partial charge in [-0.2, -0.15) is 23.0 Å². The first-order valence-electron chi connectivity index (χ1n) is 3.31. The standard InChI is InChI=1S/C7H8N4S/c8-4-5-6(2-1-3-12)10-11-7(5)9/h1-2,12H,3H2,(H3,9,10,11). The van der Waals surface area contributed by atoms with E-state index in [0.29, 0.717) is 17.0 Å². The minimum absolute atomic E-state index is 0.233. The third kappa shape index (κ3) is 1.60. The number of nitrogen functional groups attached to an aromatic ring is 1. The molecule has 3 N–H and O–H groups in total. The van der Waals surface area contributed by atoms with Crippen LogP contribution in [0.4, 0.5) is 5.82 Å². The summed E-state index contributed by atoms with van der Waals surface area (Å²) in [4.78, 5) is 0. The molecule has 12 heavy (non-hydrogen) atoms. The smallest absolute Gasteiger partial charge is 0.163 e. The molecule has 0 spiro atoms. The van der Waals surface area contributed by atoms with Crippen LogP contribution in [-0.4, -0.2) is 16.0 Å². The van der Waals surface area contributed by atoms with Gasteiger partial charge in [0.1, 0.15) is 11.6 Å². The number of aromatic nitrogens is 2. The lowest BCUT2D eigenvalue weighted by Crippen LogP contribution is -1.87. The number of nitrogens with two attached hydrogens (primary N) is 1. The van der Waals surface area contributed by atoms with Gasteiger partial charge in [-0.15, -0.1) is 0 Å². The van der Waals surface area contributed by atoms with E-state index in [4.69, 9.17) is 11.0 Å². The fraction of sp³-hybridized carbons (Fsp3) is 0.143. The molecular weight excluding hydrogens is 172 g/mol. The Balaban J connectivity index is 3.01. The summed E-state index contributed by atoms with van der Waals surface area (Å²) in [5.74, 6) is 0.848. The Bertz CT molecular complexity index is 334. The molecule has 0 unspecified atom stereocenters. The molecule has 5 heteroatoms. The molecule has 0 bridgehead atoms. The summed E-state index contributed by atoms with van der Waals surface area (Å²) in [5.41, 5.74) is 6.42. The Kier molecular flexibility index (Phi) is 2.77. The van der Waals surface area contributed by atoms with Crippen molar-refractivity contribution < 1.29 is 0 Å². The zero-order valence-corrected chi connectivity index (χ0v) is 7.18. The van der Waals surface area contributed by atoms with Gasteiger partial charge in [0.15, 0.2) is 5.82 Å². The molecule has 1 rings (SSSR count). The van der Waals surface area contributed by atoms with Crippen LogP contribution in [-0.2, 0) is 0 Å². The van der Waals surface area contributed by atoms with Gasteiger partial charge in [-0.3, -0.25) is 5.10 Å². The van der Waals surface area contributed by atoms with Crippen molar-refractivity contribution in [2.24, 2.45) is 0 Å². The number of H-pyrrole nitrogens is 1. The first-order valence-corrected chi connectivity index (χ1v) is 3.94. The lowest BCUT2D eigenvalue weighted by atomic mass is 10.2. The summed E-state index contributed by atoms with van der Waals surface area (Å²) in [6, 6.07) is 1.96. The van der Waals surface area contributed by atoms with Crippen LogP contribution in [0, 0.1) is 11.3 Å². The molecule has 0 aromatic carbocycles. The highest BCUT2D eigenvalue weighted by molar-refractivity contribution is 7.80. The number of nitriles is 1. The van der Waals surface area contributed by atoms with E-state index in [2.05, 4.69) is 22.8 Å². The first kappa shape index (κ1) is 8.68. The van der Waals surface area contributed by atoms with Gasteiger partial charge < -0.3 is 5.73 Å². The second kappa shape index (κ2) is 3.83. The second-order valence-corrected chi connectivity index (χ2v) is 2.46. The SMILES string of the molecule is N#Cc1c(N)n[nH]c1C=CCS. The van der Waals surface area contributed by atoms with E-state index < -0.39 is 0 Å². The molecule has 1 aromatic rings. The van der Waals surface area contributed by atoms with Gasteiger partial charge in [0.25, 0.3) is 0 Å². The molecule has 0 radical (unpaired) electrons. The van der Waals surface area contributed by atoms with E-state index in [1.165, 1.54) is 0 Å². The molecule has 0 aliphatic rings. The molecular formula is C7H8N4S. The summed E-state index contributed by atoms with van der Waals surface area (Å²) in [6.45, 7) is 0. The van der Waals surface area contributed by atoms with Crippen LogP contribution in [0.1, 0.15) is 11.3 Å². The molecule has 1 aromatic heterocycles. The number of anilines is 1. The number of nitrogens with zero attached hydrogens (tertiary/aromatic N) is 2. The van der Waals surface area contributed by atoms with E-state index >= 15 is 0 Å². The number of hydrogen-bond acceptors (Lipinski definition) is 4. The maximum absolute atomic E-state index is 8.64. The van der Waals surface area contributed by atoms with Gasteiger partial charge in [-0.25, -0.2) is 0 Å². The van der Waals surface area contributed by atoms with Crippen LogP contribution in [0.2, 0.25) is 0 Å². The van der Waals surface area contributed by atoms with Gasteiger partial charge in [-0.05, 0) is 6.08 Å². The molecule has 0 atom stereocenters. The normalized spacial score (nSPS) is 10.3. The fourth-order valence-corrected chi connectivity index (χ4v) is 0.884. The van der Waals surface area contributed by atoms with Crippen molar-refractivity contribution in [2.75, 3.05) is 11.5 Å². The number of hydrogen-bond donors (Lipinski definition) is 3. The van der Waals surface area contributed by atoms with Gasteiger partial charge >= 0.3 is 0 Å². The minimum Gasteiger partial charge on any atom is -0.381 e. The molecule has 4 nitrogen and oxygen atoms in total. The highest BCUT2D eigenvalue weighted by Crippen LogP contribution is 2.12. The van der Waals surface area contributed by atoms with E-state index in [1.54, 1.807) is 12.2 Å². The van der Waals surface area contributed by atoms with Gasteiger partial charge in [-0.1, -0.05) is 6.08 Å². The summed E-state index contributed by atoms with van der Waals surface area (Å²) in [7, 11) is 0. The van der Waals surface area contributed by atoms with Gasteiger partial charge in [0.05, 0.1) is 5.69 Å². The van der Waals surface area contributed by atoms with Crippen LogP contribution < -0.4 is 5.73 Å². The van der Waals surface area contributed by atoms with E-state index in [9.17, 15) is 0 Å². The van der Waals surface area contributed by atoms with Gasteiger partial charge in [0.2, 0.25) is 0 Å². The average Bonchev–Trinajstić information content (AvgIpc) is 2.43. The van der Waals surface area contributed by atoms with E-state index in [1.807, 2.05) is 6.07 Å². The second-order valence-electron chi connectivity index (χ2n) is 2.09. The predicted octanol–water partition coefficient (Wildman–Crippen LogP) is 0.807. The molecule has 0 amide bonds. The monoisotopic (exact) mass is 180 g/mol. The van der Waals surface area contributed by atoms with E-state index in [0.717, 1.165) is 0 Å². The lowest BCUT2D eigenvalue weighted by molar-refractivity contribution is 1.09. The van der Waals surface area contributed by atoms with Crippen molar-refractivity contribution in [3.63, 3.8) is 0 Å². The van der Waals surface area contributed by atoms with Crippen molar-refractivity contribution in [3.8, 4) is 6.07 Å². The van der Waals surface area contributed by atoms with Crippen LogP contribution in [0.3, 0.4) is 0 Å². The van der Waals surface area contributed by atoms with Crippen LogP contribution in [0.25, 0.3) is 6.08 Å². The summed E-state index contributed by atoms with van der Waals surface area (Å²) < 4.78 is 0. The van der Waals surface area contributed by atoms with Crippen molar-refractivity contribution in [3.05, 3.63) is 17.3 Å². The Morgan fingerprint density at radius 1 is 1.75 bits per heavy atom. The zero-order valence-electron chi connectivity index (χ0n) is 6.28. The maximum atomic E-state index is 8.64. The molecule has 0 saturated heterocycles. The molecule has 0 saturated carbocycles. The van der Waals surface area contributed by atoms with Crippen molar-refractivity contribution >= 4 is 24.5 Å². The largest absolute Gasteiger partial charge is 0.381 e. The predicted molar refractivity (Wildman–Crippen MR) is 50.6 cm³/mol. The average molecular weight is 180 g/mol. The summed E-state index contributed by atoms with van der Waals surface area (Å²) in [5, 5.41) is 15.0. The van der Waals surface area contributed by atoms with Crippen molar-refractivity contribution in [1.29, 1.82) is 5.26 Å². The molecule has 0 aliphatic carbocycles. The lowest BCUT2D eigenvalue weighted by Gasteiger charge is -1.85. The van der Waals surface area contributed by atoms with Gasteiger partial charge in [0, 0.05) is 5.75 Å². The highest BCUT2D eigenvalue weighted by Gasteiger charge is 2.05. The molecule has 0 aliphatic heterocycles. The Morgan fingerprint density at radius 3 is 3.08 bits per heavy atom. The van der Waals surface area contributed by atoms with Crippen molar-refractivity contribution in [2.45, 2.75) is 0 Å². The van der Waals surface area contributed by atoms with Crippen LogP contribution in [0.5, 0.6) is 0 Å². The number of thiol groups is 1. The Labute approximate surface area is 75.5 Å². The molecule has 1 heterocycles. The van der Waals surface area contributed by atoms with Crippen LogP contribution >= 0.6 is 12.6 Å². The first-order chi connectivity index (χ1) is 5.79. The third-order valence-electron chi connectivity index (χ3n) is 1.32. The minimum atomic E-state index is 0.233. The highest BCUT2D eigenvalue weighted by atomic mass is 32.1. The van der Waals surface area contributed by atoms with Crippen molar-refractivity contribution in [1.82, 2.24) is 10.2 Å². The number of rotatable bonds is 2. The number of aromatic amines is 1. The van der Waals surface area contributed by atoms with Crippen LogP contribution in [0.15, 0.2) is 6.08 Å². The van der Waals surface area contributed by atoms with E-state index in [-0.39, 0.29) is 5.82 Å². The Morgan fingerprint density at radius 2 is 2.50 bits per heavy atom. The zero-order chi connectivity index (χ0) is 8.97. The Hall–Kier alpha value is -1.41. The molecule has 62 valence electrons. The maximum Gasteiger partial charge on any atom is 0.163 e. The third-order valence-corrected chi connectivity index (χ3v) is 1.53. The quantitative estimate of drug-likeness (QED) is 0.589. The molecule has 0 fully saturated rings. The fourth-order valence-electron chi connectivity index (χ4n) is 0.779. The topological polar surface area (TPSA) is 78.5 Å². The summed E-state index contributed by atoms with van der Waals surface area (Å²) in [6.07, 6.45) is 3.53. The summed E-state index contributed by atoms with van der Waals surface area (Å²) >= 11 is 3.99. The number of nitrogens with one attached hydrogen (secondary N) is 1.